The zero-order valence-electron chi connectivity index (χ0n) is 16.9. The zero-order chi connectivity index (χ0) is 20.4. The Morgan fingerprint density at radius 2 is 1.68 bits per heavy atom. The number of hydrogen-bond acceptors (Lipinski definition) is 3. The molecule has 0 saturated carbocycles. The molecule has 5 heteroatoms. The van der Waals surface area contributed by atoms with E-state index in [1.54, 1.807) is 11.8 Å². The van der Waals surface area contributed by atoms with Gasteiger partial charge in [0.15, 0.2) is 5.11 Å². The Bertz CT molecular complexity index is 835. The molecule has 0 aliphatic carbocycles. The van der Waals surface area contributed by atoms with E-state index in [1.165, 1.54) is 0 Å². The van der Waals surface area contributed by atoms with Crippen LogP contribution in [0.15, 0.2) is 54.6 Å². The number of aliphatic hydroxyl groups excluding tert-OH is 1. The number of nitrogens with zero attached hydrogens (tertiary/aromatic N) is 2. The largest absolute Gasteiger partial charge is 0.388 e. The summed E-state index contributed by atoms with van der Waals surface area (Å²) in [5.74, 6) is -0.466. The van der Waals surface area contributed by atoms with Gasteiger partial charge in [-0.2, -0.15) is 0 Å². The molecule has 1 N–H and O–H groups in total. The fourth-order valence-corrected chi connectivity index (χ4v) is 4.02. The van der Waals surface area contributed by atoms with Crippen molar-refractivity contribution in [3.05, 3.63) is 65.7 Å². The number of aryl methyl sites for hydroxylation is 1. The van der Waals surface area contributed by atoms with Crippen molar-refractivity contribution < 1.29 is 9.90 Å². The second kappa shape index (κ2) is 8.41. The lowest BCUT2D eigenvalue weighted by Gasteiger charge is -2.30. The number of amides is 1. The highest BCUT2D eigenvalue weighted by Gasteiger charge is 2.43. The highest BCUT2D eigenvalue weighted by atomic mass is 32.1. The van der Waals surface area contributed by atoms with Crippen LogP contribution < -0.4 is 4.90 Å². The van der Waals surface area contributed by atoms with Crippen molar-refractivity contribution in [1.82, 2.24) is 4.90 Å². The van der Waals surface area contributed by atoms with Crippen molar-refractivity contribution in [2.24, 2.45) is 11.8 Å². The topological polar surface area (TPSA) is 43.8 Å². The van der Waals surface area contributed by atoms with E-state index in [0.29, 0.717) is 11.7 Å². The quantitative estimate of drug-likeness (QED) is 0.765. The van der Waals surface area contributed by atoms with Crippen LogP contribution in [-0.4, -0.2) is 33.6 Å². The van der Waals surface area contributed by atoms with E-state index in [-0.39, 0.29) is 17.9 Å². The van der Waals surface area contributed by atoms with Crippen LogP contribution in [0.4, 0.5) is 5.69 Å². The normalized spacial score (nSPS) is 19.2. The number of hydrogen-bond donors (Lipinski definition) is 1. The van der Waals surface area contributed by atoms with Gasteiger partial charge in [-0.1, -0.05) is 68.8 Å². The van der Waals surface area contributed by atoms with E-state index in [4.69, 9.17) is 12.2 Å². The number of thiocarbonyl (C=S) groups is 1. The molecule has 0 radical (unpaired) electrons. The van der Waals surface area contributed by atoms with Crippen LogP contribution in [0.5, 0.6) is 0 Å². The van der Waals surface area contributed by atoms with E-state index >= 15 is 0 Å². The molecule has 4 nitrogen and oxygen atoms in total. The predicted octanol–water partition coefficient (Wildman–Crippen LogP) is 4.32. The molecule has 1 saturated heterocycles. The van der Waals surface area contributed by atoms with Crippen LogP contribution in [0.25, 0.3) is 0 Å². The standard InChI is InChI=1S/C23H28N2O2S/c1-15(2)20-14-24(19-8-6-5-7-9-19)23(28)25(20)22(27)17(4)21(26)18-12-10-16(3)11-13-18/h5-13,15,17,20-21,26H,14H2,1-4H3/t17-,20-,21-/m1/s1. The fraction of sp³-hybridized carbons (Fsp3) is 0.391. The van der Waals surface area contributed by atoms with Crippen molar-refractivity contribution in [3.8, 4) is 0 Å². The van der Waals surface area contributed by atoms with E-state index in [2.05, 4.69) is 13.8 Å². The molecule has 148 valence electrons. The molecule has 0 spiro atoms. The molecule has 1 fully saturated rings. The summed E-state index contributed by atoms with van der Waals surface area (Å²) in [7, 11) is 0. The van der Waals surface area contributed by atoms with Crippen LogP contribution in [0.1, 0.15) is 38.0 Å². The minimum atomic E-state index is -0.866. The summed E-state index contributed by atoms with van der Waals surface area (Å²) in [5.41, 5.74) is 2.85. The third-order valence-corrected chi connectivity index (χ3v) is 5.91. The Morgan fingerprint density at radius 1 is 1.07 bits per heavy atom. The summed E-state index contributed by atoms with van der Waals surface area (Å²) in [5, 5.41) is 11.3. The predicted molar refractivity (Wildman–Crippen MR) is 117 cm³/mol. The maximum absolute atomic E-state index is 13.4. The van der Waals surface area contributed by atoms with Gasteiger partial charge in [-0.15, -0.1) is 0 Å². The van der Waals surface area contributed by atoms with Crippen molar-refractivity contribution >= 4 is 28.9 Å². The van der Waals surface area contributed by atoms with Crippen LogP contribution in [0, 0.1) is 18.8 Å². The second-order valence-corrected chi connectivity index (χ2v) is 8.26. The molecule has 0 aromatic heterocycles. The number of rotatable bonds is 5. The first kappa shape index (κ1) is 20.5. The Hall–Kier alpha value is -2.24. The summed E-state index contributed by atoms with van der Waals surface area (Å²) in [6.07, 6.45) is -0.866. The van der Waals surface area contributed by atoms with E-state index in [1.807, 2.05) is 66.4 Å². The monoisotopic (exact) mass is 396 g/mol. The summed E-state index contributed by atoms with van der Waals surface area (Å²) in [6.45, 7) is 8.64. The average molecular weight is 397 g/mol. The average Bonchev–Trinajstić information content (AvgIpc) is 3.05. The van der Waals surface area contributed by atoms with Crippen molar-refractivity contribution in [1.29, 1.82) is 0 Å². The van der Waals surface area contributed by atoms with Crippen LogP contribution in [0.2, 0.25) is 0 Å². The van der Waals surface area contributed by atoms with Crippen LogP contribution >= 0.6 is 12.2 Å². The number of aliphatic hydroxyl groups is 1. The molecule has 2 aromatic carbocycles. The fourth-order valence-electron chi connectivity index (χ4n) is 3.62. The number of carbonyl (C=O) groups excluding carboxylic acids is 1. The minimum Gasteiger partial charge on any atom is -0.388 e. The highest BCUT2D eigenvalue weighted by Crippen LogP contribution is 2.32. The smallest absolute Gasteiger partial charge is 0.234 e. The molecular weight excluding hydrogens is 368 g/mol. The van der Waals surface area contributed by atoms with Gasteiger partial charge < -0.3 is 10.0 Å². The SMILES string of the molecule is Cc1ccc([C@H](O)[C@@H](C)C(=O)N2C(=S)N(c3ccccc3)C[C@@H]2C(C)C)cc1. The first-order valence-electron chi connectivity index (χ1n) is 9.75. The second-order valence-electron chi connectivity index (χ2n) is 7.89. The molecule has 1 aliphatic rings. The summed E-state index contributed by atoms with van der Waals surface area (Å²) < 4.78 is 0. The number of para-hydroxylation sites is 1. The maximum atomic E-state index is 13.4. The van der Waals surface area contributed by atoms with E-state index in [9.17, 15) is 9.90 Å². The van der Waals surface area contributed by atoms with Crippen molar-refractivity contribution in [2.75, 3.05) is 11.4 Å². The summed E-state index contributed by atoms with van der Waals surface area (Å²) in [6, 6.07) is 17.5. The first-order valence-corrected chi connectivity index (χ1v) is 10.2. The Balaban J connectivity index is 1.85. The molecular formula is C23H28N2O2S. The molecule has 0 bridgehead atoms. The van der Waals surface area contributed by atoms with E-state index < -0.39 is 12.0 Å². The third-order valence-electron chi connectivity index (χ3n) is 5.50. The van der Waals surface area contributed by atoms with Gasteiger partial charge in [-0.25, -0.2) is 0 Å². The molecule has 1 amide bonds. The van der Waals surface area contributed by atoms with Gasteiger partial charge in [0.2, 0.25) is 5.91 Å². The number of anilines is 1. The molecule has 1 aliphatic heterocycles. The third kappa shape index (κ3) is 3.96. The van der Waals surface area contributed by atoms with Gasteiger partial charge in [0.1, 0.15) is 0 Å². The van der Waals surface area contributed by atoms with Crippen molar-refractivity contribution in [2.45, 2.75) is 39.8 Å². The van der Waals surface area contributed by atoms with Gasteiger partial charge in [-0.3, -0.25) is 9.69 Å². The molecule has 3 atom stereocenters. The lowest BCUT2D eigenvalue weighted by Crippen LogP contribution is -2.46. The molecule has 0 unspecified atom stereocenters. The Labute approximate surface area is 172 Å². The molecule has 3 rings (SSSR count). The van der Waals surface area contributed by atoms with Gasteiger partial charge in [0.05, 0.1) is 18.1 Å². The van der Waals surface area contributed by atoms with Crippen LogP contribution in [0.3, 0.4) is 0 Å². The highest BCUT2D eigenvalue weighted by molar-refractivity contribution is 7.80. The lowest BCUT2D eigenvalue weighted by molar-refractivity contribution is -0.136. The molecule has 28 heavy (non-hydrogen) atoms. The van der Waals surface area contributed by atoms with Crippen molar-refractivity contribution in [3.63, 3.8) is 0 Å². The van der Waals surface area contributed by atoms with Crippen LogP contribution in [-0.2, 0) is 4.79 Å². The zero-order valence-corrected chi connectivity index (χ0v) is 17.7. The summed E-state index contributed by atoms with van der Waals surface area (Å²) in [4.78, 5) is 17.1. The first-order chi connectivity index (χ1) is 13.3. The molecule has 2 aromatic rings. The molecule has 1 heterocycles. The van der Waals surface area contributed by atoms with E-state index in [0.717, 1.165) is 16.8 Å². The van der Waals surface area contributed by atoms with Gasteiger partial charge in [-0.05, 0) is 42.8 Å². The van der Waals surface area contributed by atoms with Gasteiger partial charge in [0, 0.05) is 12.2 Å². The van der Waals surface area contributed by atoms with Gasteiger partial charge >= 0.3 is 0 Å². The number of carbonyl (C=O) groups is 1. The lowest BCUT2D eigenvalue weighted by atomic mass is 9.94. The Morgan fingerprint density at radius 3 is 2.25 bits per heavy atom. The number of benzene rings is 2. The van der Waals surface area contributed by atoms with Gasteiger partial charge in [0.25, 0.3) is 0 Å². The summed E-state index contributed by atoms with van der Waals surface area (Å²) >= 11 is 5.71. The minimum absolute atomic E-state index is 0.0205. The maximum Gasteiger partial charge on any atom is 0.234 e. The Kier molecular flexibility index (Phi) is 6.16.